The average Bonchev–Trinajstić information content (AvgIpc) is 1.99. The lowest BCUT2D eigenvalue weighted by Gasteiger charge is -2.14. The second-order valence-corrected chi connectivity index (χ2v) is 1.86. The molecule has 3 heteroatoms. The van der Waals surface area contributed by atoms with E-state index in [1.807, 2.05) is 25.8 Å². The zero-order chi connectivity index (χ0) is 7.98. The number of hydrogen-bond donors (Lipinski definition) is 0. The van der Waals surface area contributed by atoms with Gasteiger partial charge < -0.3 is 0 Å². The van der Waals surface area contributed by atoms with Crippen LogP contribution in [0.4, 0.5) is 0 Å². The number of hydrazone groups is 1. The van der Waals surface area contributed by atoms with Crippen LogP contribution in [0.1, 0.15) is 20.8 Å². The van der Waals surface area contributed by atoms with Crippen molar-refractivity contribution in [3.63, 3.8) is 0 Å². The summed E-state index contributed by atoms with van der Waals surface area (Å²) in [5.74, 6) is 0.945. The van der Waals surface area contributed by atoms with Gasteiger partial charge in [-0.05, 0) is 20.8 Å². The molecule has 3 nitrogen and oxygen atoms in total. The highest BCUT2D eigenvalue weighted by atomic mass is 15.5. The third kappa shape index (κ3) is 2.62. The molecule has 0 atom stereocenters. The minimum atomic E-state index is 0.869. The molecule has 0 aliphatic carbocycles. The van der Waals surface area contributed by atoms with Crippen molar-refractivity contribution in [1.29, 1.82) is 0 Å². The van der Waals surface area contributed by atoms with Crippen LogP contribution >= 0.6 is 0 Å². The summed E-state index contributed by atoms with van der Waals surface area (Å²) in [5.41, 5.74) is 0. The molecule has 0 N–H and O–H groups in total. The third-order valence-corrected chi connectivity index (χ3v) is 1.25. The Labute approximate surface area is 62.4 Å². The van der Waals surface area contributed by atoms with Crippen molar-refractivity contribution < 1.29 is 0 Å². The van der Waals surface area contributed by atoms with Gasteiger partial charge in [0.2, 0.25) is 0 Å². The molecular weight excluding hydrogens is 126 g/mol. The van der Waals surface area contributed by atoms with E-state index in [9.17, 15) is 0 Å². The molecule has 0 heterocycles. The zero-order valence-corrected chi connectivity index (χ0v) is 7.13. The van der Waals surface area contributed by atoms with Crippen LogP contribution in [0, 0.1) is 0 Å². The summed E-state index contributed by atoms with van der Waals surface area (Å²) in [6, 6.07) is 0. The quantitative estimate of drug-likeness (QED) is 0.324. The molecule has 0 aliphatic heterocycles. The number of nitrogens with zero attached hydrogens (tertiary/aromatic N) is 3. The predicted octanol–water partition coefficient (Wildman–Crippen LogP) is 1.36. The Balaban J connectivity index is 4.06. The first-order valence-corrected chi connectivity index (χ1v) is 3.45. The van der Waals surface area contributed by atoms with Crippen LogP contribution in [0.25, 0.3) is 0 Å². The fraction of sp³-hybridized carbons (Fsp3) is 0.714. The summed E-state index contributed by atoms with van der Waals surface area (Å²) < 4.78 is 0. The highest BCUT2D eigenvalue weighted by molar-refractivity contribution is 5.79. The van der Waals surface area contributed by atoms with Crippen molar-refractivity contribution >= 4 is 12.1 Å². The van der Waals surface area contributed by atoms with Gasteiger partial charge >= 0.3 is 0 Å². The Morgan fingerprint density at radius 3 is 2.50 bits per heavy atom. The van der Waals surface area contributed by atoms with E-state index in [1.54, 1.807) is 13.3 Å². The molecule has 0 bridgehead atoms. The Morgan fingerprint density at radius 1 is 1.60 bits per heavy atom. The van der Waals surface area contributed by atoms with E-state index in [0.29, 0.717) is 0 Å². The normalized spacial score (nSPS) is 12.6. The Kier molecular flexibility index (Phi) is 4.54. The van der Waals surface area contributed by atoms with Gasteiger partial charge in [-0.2, -0.15) is 5.10 Å². The molecule has 0 radical (unpaired) electrons. The molecule has 0 aromatic heterocycles. The first-order chi connectivity index (χ1) is 4.76. The zero-order valence-electron chi connectivity index (χ0n) is 7.13. The van der Waals surface area contributed by atoms with E-state index in [1.165, 1.54) is 0 Å². The minimum Gasteiger partial charge on any atom is -0.274 e. The number of hydrogen-bond acceptors (Lipinski definition) is 2. The minimum absolute atomic E-state index is 0.869. The average molecular weight is 141 g/mol. The van der Waals surface area contributed by atoms with Gasteiger partial charge in [0.25, 0.3) is 0 Å². The number of aliphatic imine (C=N–C) groups is 1. The van der Waals surface area contributed by atoms with E-state index >= 15 is 0 Å². The standard InChI is InChI=1S/C7H15N3/c1-5-9-10(6-2)7(3)8-4/h5H,6H2,1-4H3/b8-7?,9-5+. The molecule has 0 rings (SSSR count). The van der Waals surface area contributed by atoms with E-state index in [-0.39, 0.29) is 0 Å². The van der Waals surface area contributed by atoms with Crippen molar-refractivity contribution in [3.05, 3.63) is 0 Å². The molecule has 10 heavy (non-hydrogen) atoms. The molecule has 58 valence electrons. The van der Waals surface area contributed by atoms with Crippen LogP contribution in [0.2, 0.25) is 0 Å². The summed E-state index contributed by atoms with van der Waals surface area (Å²) in [6.45, 7) is 6.75. The first kappa shape index (κ1) is 9.14. The van der Waals surface area contributed by atoms with Crippen LogP contribution < -0.4 is 0 Å². The highest BCUT2D eigenvalue weighted by Crippen LogP contribution is 1.90. The van der Waals surface area contributed by atoms with Crippen molar-refractivity contribution in [1.82, 2.24) is 5.01 Å². The SMILES string of the molecule is C/C=N/N(CC)C(C)=NC. The third-order valence-electron chi connectivity index (χ3n) is 1.25. The van der Waals surface area contributed by atoms with Crippen LogP contribution in [0.5, 0.6) is 0 Å². The second-order valence-electron chi connectivity index (χ2n) is 1.86. The Hall–Kier alpha value is -0.860. The number of amidine groups is 1. The van der Waals surface area contributed by atoms with Gasteiger partial charge in [-0.3, -0.25) is 10.0 Å². The first-order valence-electron chi connectivity index (χ1n) is 3.45. The lowest BCUT2D eigenvalue weighted by atomic mass is 10.6. The molecular formula is C7H15N3. The van der Waals surface area contributed by atoms with Crippen LogP contribution in [-0.2, 0) is 0 Å². The van der Waals surface area contributed by atoms with Gasteiger partial charge in [-0.25, -0.2) is 0 Å². The van der Waals surface area contributed by atoms with E-state index in [2.05, 4.69) is 10.1 Å². The van der Waals surface area contributed by atoms with Gasteiger partial charge in [0.05, 0.1) is 0 Å². The van der Waals surface area contributed by atoms with Gasteiger partial charge in [0.15, 0.2) is 0 Å². The lowest BCUT2D eigenvalue weighted by molar-refractivity contribution is 0.469. The lowest BCUT2D eigenvalue weighted by Crippen LogP contribution is -2.22. The summed E-state index contributed by atoms with van der Waals surface area (Å²) in [6.07, 6.45) is 1.76. The molecule has 0 spiro atoms. The molecule has 0 amide bonds. The molecule has 0 saturated carbocycles. The molecule has 0 aromatic rings. The number of rotatable bonds is 2. The van der Waals surface area contributed by atoms with Crippen LogP contribution in [0.15, 0.2) is 10.1 Å². The maximum absolute atomic E-state index is 4.09. The van der Waals surface area contributed by atoms with E-state index in [4.69, 9.17) is 0 Å². The second kappa shape index (κ2) is 4.97. The molecule has 0 unspecified atom stereocenters. The van der Waals surface area contributed by atoms with E-state index < -0.39 is 0 Å². The maximum atomic E-state index is 4.09. The van der Waals surface area contributed by atoms with Crippen molar-refractivity contribution in [2.75, 3.05) is 13.6 Å². The molecule has 0 fully saturated rings. The molecule has 0 aliphatic rings. The predicted molar refractivity (Wildman–Crippen MR) is 45.6 cm³/mol. The summed E-state index contributed by atoms with van der Waals surface area (Å²) in [5, 5.41) is 5.94. The van der Waals surface area contributed by atoms with E-state index in [0.717, 1.165) is 12.4 Å². The summed E-state index contributed by atoms with van der Waals surface area (Å²) in [7, 11) is 1.77. The van der Waals surface area contributed by atoms with Crippen molar-refractivity contribution in [2.24, 2.45) is 10.1 Å². The van der Waals surface area contributed by atoms with Gasteiger partial charge in [0.1, 0.15) is 5.84 Å². The van der Waals surface area contributed by atoms with Crippen molar-refractivity contribution in [2.45, 2.75) is 20.8 Å². The Morgan fingerprint density at radius 2 is 2.20 bits per heavy atom. The monoisotopic (exact) mass is 141 g/mol. The van der Waals surface area contributed by atoms with Crippen molar-refractivity contribution in [3.8, 4) is 0 Å². The highest BCUT2D eigenvalue weighted by Gasteiger charge is 1.97. The topological polar surface area (TPSA) is 28.0 Å². The fourth-order valence-corrected chi connectivity index (χ4v) is 0.649. The molecule has 0 saturated heterocycles. The smallest absolute Gasteiger partial charge is 0.116 e. The maximum Gasteiger partial charge on any atom is 0.116 e. The molecule has 0 aromatic carbocycles. The summed E-state index contributed by atoms with van der Waals surface area (Å²) in [4.78, 5) is 4.01. The van der Waals surface area contributed by atoms with Gasteiger partial charge in [0, 0.05) is 19.8 Å². The Bertz CT molecular complexity index is 138. The van der Waals surface area contributed by atoms with Crippen LogP contribution in [-0.4, -0.2) is 30.7 Å². The fourth-order valence-electron chi connectivity index (χ4n) is 0.649. The van der Waals surface area contributed by atoms with Gasteiger partial charge in [-0.1, -0.05) is 0 Å². The van der Waals surface area contributed by atoms with Crippen LogP contribution in [0.3, 0.4) is 0 Å². The van der Waals surface area contributed by atoms with Gasteiger partial charge in [-0.15, -0.1) is 0 Å². The summed E-state index contributed by atoms with van der Waals surface area (Å²) >= 11 is 0. The largest absolute Gasteiger partial charge is 0.274 e.